The van der Waals surface area contributed by atoms with Gasteiger partial charge in [0.25, 0.3) is 11.8 Å². The first-order valence-corrected chi connectivity index (χ1v) is 3.17. The van der Waals surface area contributed by atoms with Gasteiger partial charge < -0.3 is 4.74 Å². The van der Waals surface area contributed by atoms with Crippen molar-refractivity contribution in [1.29, 1.82) is 0 Å². The summed E-state index contributed by atoms with van der Waals surface area (Å²) >= 11 is 0. The summed E-state index contributed by atoms with van der Waals surface area (Å²) in [6, 6.07) is 0. The fourth-order valence-corrected chi connectivity index (χ4v) is 0.994. The maximum atomic E-state index is 11.1. The van der Waals surface area contributed by atoms with Crippen molar-refractivity contribution in [3.8, 4) is 0 Å². The number of carbonyl (C=O) groups is 2. The van der Waals surface area contributed by atoms with E-state index < -0.39 is 0 Å². The second kappa shape index (κ2) is 2.38. The molecule has 1 heterocycles. The van der Waals surface area contributed by atoms with Crippen molar-refractivity contribution in [3.05, 3.63) is 11.3 Å². The Balaban J connectivity index is 3.08. The number of methoxy groups -OCH3 is 1. The molecule has 60 valence electrons. The number of amides is 2. The van der Waals surface area contributed by atoms with Crippen LogP contribution in [-0.4, -0.2) is 30.9 Å². The molecule has 0 unspecified atom stereocenters. The lowest BCUT2D eigenvalue weighted by molar-refractivity contribution is -0.137. The van der Waals surface area contributed by atoms with Gasteiger partial charge in [-0.1, -0.05) is 0 Å². The van der Waals surface area contributed by atoms with Gasteiger partial charge in [-0.3, -0.25) is 14.5 Å². The van der Waals surface area contributed by atoms with Gasteiger partial charge in [-0.15, -0.1) is 0 Å². The molecule has 0 spiro atoms. The molecule has 11 heavy (non-hydrogen) atoms. The highest BCUT2D eigenvalue weighted by atomic mass is 16.5. The van der Waals surface area contributed by atoms with E-state index in [1.807, 2.05) is 0 Å². The Kier molecular flexibility index (Phi) is 1.68. The van der Waals surface area contributed by atoms with Gasteiger partial charge in [-0.05, 0) is 6.92 Å². The topological polar surface area (TPSA) is 46.6 Å². The molecule has 2 amide bonds. The van der Waals surface area contributed by atoms with Crippen LogP contribution in [0.4, 0.5) is 0 Å². The van der Waals surface area contributed by atoms with Crippen LogP contribution in [0.2, 0.25) is 0 Å². The Morgan fingerprint density at radius 3 is 2.00 bits per heavy atom. The van der Waals surface area contributed by atoms with E-state index in [2.05, 4.69) is 0 Å². The molecule has 0 aromatic carbocycles. The average molecular weight is 155 g/mol. The van der Waals surface area contributed by atoms with Gasteiger partial charge in [0.2, 0.25) is 0 Å². The SMILES string of the molecule is COC1=C(C)C(=O)N(C)C1=O. The van der Waals surface area contributed by atoms with E-state index in [0.29, 0.717) is 5.57 Å². The number of hydrogen-bond acceptors (Lipinski definition) is 3. The summed E-state index contributed by atoms with van der Waals surface area (Å²) in [7, 11) is 2.81. The van der Waals surface area contributed by atoms with Crippen LogP contribution < -0.4 is 0 Å². The maximum Gasteiger partial charge on any atom is 0.295 e. The van der Waals surface area contributed by atoms with Crippen LogP contribution in [0.5, 0.6) is 0 Å². The number of likely N-dealkylation sites (N-methyl/N-ethyl adjacent to an activating group) is 1. The molecule has 4 heteroatoms. The first-order chi connectivity index (χ1) is 5.09. The van der Waals surface area contributed by atoms with E-state index in [0.717, 1.165) is 4.90 Å². The largest absolute Gasteiger partial charge is 0.491 e. The molecule has 0 aromatic rings. The van der Waals surface area contributed by atoms with E-state index in [1.165, 1.54) is 14.2 Å². The van der Waals surface area contributed by atoms with E-state index in [1.54, 1.807) is 6.92 Å². The van der Waals surface area contributed by atoms with Crippen LogP contribution in [0, 0.1) is 0 Å². The summed E-state index contributed by atoms with van der Waals surface area (Å²) in [5.41, 5.74) is 0.375. The van der Waals surface area contributed by atoms with Crippen LogP contribution in [0.1, 0.15) is 6.92 Å². The van der Waals surface area contributed by atoms with E-state index >= 15 is 0 Å². The summed E-state index contributed by atoms with van der Waals surface area (Å²) in [5, 5.41) is 0. The molecule has 0 bridgehead atoms. The Morgan fingerprint density at radius 2 is 1.82 bits per heavy atom. The average Bonchev–Trinajstić information content (AvgIpc) is 2.17. The van der Waals surface area contributed by atoms with Gasteiger partial charge in [0.05, 0.1) is 12.7 Å². The molecule has 0 aromatic heterocycles. The molecule has 0 aliphatic carbocycles. The minimum absolute atomic E-state index is 0.150. The predicted octanol–water partition coefficient (Wildman–Crippen LogP) is -0.0946. The highest BCUT2D eigenvalue weighted by Gasteiger charge is 2.33. The molecule has 1 aliphatic rings. The second-order valence-electron chi connectivity index (χ2n) is 2.33. The van der Waals surface area contributed by atoms with Gasteiger partial charge in [-0.25, -0.2) is 0 Å². The Hall–Kier alpha value is -1.32. The molecule has 0 N–H and O–H groups in total. The highest BCUT2D eigenvalue weighted by molar-refractivity contribution is 6.17. The fourth-order valence-electron chi connectivity index (χ4n) is 0.994. The summed E-state index contributed by atoms with van der Waals surface area (Å²) in [6.45, 7) is 1.57. The Bertz CT molecular complexity index is 254. The standard InChI is InChI=1S/C7H9NO3/c1-4-5(11-3)7(10)8(2)6(4)9/h1-3H3. The lowest BCUT2D eigenvalue weighted by Gasteiger charge is -2.04. The third kappa shape index (κ3) is 0.906. The quantitative estimate of drug-likeness (QED) is 0.497. The highest BCUT2D eigenvalue weighted by Crippen LogP contribution is 2.18. The van der Waals surface area contributed by atoms with Crippen molar-refractivity contribution >= 4 is 11.8 Å². The van der Waals surface area contributed by atoms with Crippen LogP contribution in [0.3, 0.4) is 0 Å². The number of imide groups is 1. The monoisotopic (exact) mass is 155 g/mol. The number of nitrogens with zero attached hydrogens (tertiary/aromatic N) is 1. The molecule has 0 atom stereocenters. The van der Waals surface area contributed by atoms with Crippen molar-refractivity contribution in [1.82, 2.24) is 4.90 Å². The van der Waals surface area contributed by atoms with Crippen LogP contribution in [-0.2, 0) is 14.3 Å². The first-order valence-electron chi connectivity index (χ1n) is 3.17. The van der Waals surface area contributed by atoms with E-state index in [9.17, 15) is 9.59 Å². The minimum Gasteiger partial charge on any atom is -0.491 e. The van der Waals surface area contributed by atoms with Crippen LogP contribution >= 0.6 is 0 Å². The minimum atomic E-state index is -0.366. The fraction of sp³-hybridized carbons (Fsp3) is 0.429. The molecule has 0 radical (unpaired) electrons. The molecule has 4 nitrogen and oxygen atoms in total. The van der Waals surface area contributed by atoms with Crippen molar-refractivity contribution in [3.63, 3.8) is 0 Å². The molecule has 0 saturated heterocycles. The third-order valence-electron chi connectivity index (χ3n) is 1.67. The second-order valence-corrected chi connectivity index (χ2v) is 2.33. The van der Waals surface area contributed by atoms with Gasteiger partial charge in [0, 0.05) is 7.05 Å². The molecule has 0 fully saturated rings. The first kappa shape index (κ1) is 7.78. The van der Waals surface area contributed by atoms with Crippen molar-refractivity contribution in [2.24, 2.45) is 0 Å². The molecule has 1 aliphatic heterocycles. The Morgan fingerprint density at radius 1 is 1.27 bits per heavy atom. The van der Waals surface area contributed by atoms with E-state index in [4.69, 9.17) is 4.74 Å². The third-order valence-corrected chi connectivity index (χ3v) is 1.67. The van der Waals surface area contributed by atoms with Crippen molar-refractivity contribution in [2.75, 3.05) is 14.2 Å². The van der Waals surface area contributed by atoms with E-state index in [-0.39, 0.29) is 17.6 Å². The lowest BCUT2D eigenvalue weighted by Crippen LogP contribution is -2.26. The van der Waals surface area contributed by atoms with Gasteiger partial charge >= 0.3 is 0 Å². The van der Waals surface area contributed by atoms with Gasteiger partial charge in [-0.2, -0.15) is 0 Å². The normalized spacial score (nSPS) is 18.3. The molecular weight excluding hydrogens is 146 g/mol. The predicted molar refractivity (Wildman–Crippen MR) is 37.5 cm³/mol. The molecule has 1 rings (SSSR count). The zero-order valence-electron chi connectivity index (χ0n) is 6.67. The van der Waals surface area contributed by atoms with Gasteiger partial charge in [0.15, 0.2) is 5.76 Å². The van der Waals surface area contributed by atoms with Crippen molar-refractivity contribution in [2.45, 2.75) is 6.92 Å². The Labute approximate surface area is 64.4 Å². The van der Waals surface area contributed by atoms with Crippen LogP contribution in [0.25, 0.3) is 0 Å². The molecule has 0 saturated carbocycles. The molecular formula is C7H9NO3. The summed E-state index contributed by atoms with van der Waals surface area (Å²) < 4.78 is 4.74. The smallest absolute Gasteiger partial charge is 0.295 e. The number of carbonyl (C=O) groups excluding carboxylic acids is 2. The maximum absolute atomic E-state index is 11.1. The van der Waals surface area contributed by atoms with Crippen LogP contribution in [0.15, 0.2) is 11.3 Å². The van der Waals surface area contributed by atoms with Crippen molar-refractivity contribution < 1.29 is 14.3 Å². The summed E-state index contributed by atoms with van der Waals surface area (Å²) in [4.78, 5) is 23.2. The zero-order chi connectivity index (χ0) is 8.59. The number of rotatable bonds is 1. The summed E-state index contributed by atoms with van der Waals surface area (Å²) in [5.74, 6) is -0.501. The summed E-state index contributed by atoms with van der Waals surface area (Å²) in [6.07, 6.45) is 0. The number of hydrogen-bond donors (Lipinski definition) is 0. The zero-order valence-corrected chi connectivity index (χ0v) is 6.67. The van der Waals surface area contributed by atoms with Gasteiger partial charge in [0.1, 0.15) is 0 Å². The lowest BCUT2D eigenvalue weighted by atomic mass is 10.3. The number of ether oxygens (including phenoxy) is 1.